The van der Waals surface area contributed by atoms with E-state index in [-0.39, 0.29) is 12.1 Å². The van der Waals surface area contributed by atoms with Gasteiger partial charge in [-0.3, -0.25) is 0 Å². The Balaban J connectivity index is 1.44. The minimum atomic E-state index is -0.233. The van der Waals surface area contributed by atoms with E-state index in [4.69, 9.17) is 9.26 Å². The van der Waals surface area contributed by atoms with E-state index in [1.54, 1.807) is 0 Å². The number of amides is 1. The van der Waals surface area contributed by atoms with E-state index in [0.717, 1.165) is 36.0 Å². The molecular formula is C26H31N3O3. The van der Waals surface area contributed by atoms with Crippen LogP contribution in [0.1, 0.15) is 51.2 Å². The molecule has 1 saturated carbocycles. The number of nitrogens with zero attached hydrogens (tertiary/aromatic N) is 3. The van der Waals surface area contributed by atoms with Crippen molar-refractivity contribution in [3.8, 4) is 22.8 Å². The molecule has 0 unspecified atom stereocenters. The fraction of sp³-hybridized carbons (Fsp3) is 0.423. The van der Waals surface area contributed by atoms with Crippen LogP contribution in [0.3, 0.4) is 0 Å². The molecule has 1 aliphatic rings. The molecule has 1 aliphatic carbocycles. The highest BCUT2D eigenvalue weighted by atomic mass is 16.6. The van der Waals surface area contributed by atoms with Crippen LogP contribution in [0.25, 0.3) is 22.8 Å². The van der Waals surface area contributed by atoms with E-state index in [0.29, 0.717) is 30.8 Å². The van der Waals surface area contributed by atoms with E-state index < -0.39 is 0 Å². The van der Waals surface area contributed by atoms with Gasteiger partial charge in [0.1, 0.15) is 0 Å². The first-order valence-electron chi connectivity index (χ1n) is 11.5. The zero-order valence-electron chi connectivity index (χ0n) is 19.1. The fourth-order valence-electron chi connectivity index (χ4n) is 3.92. The second-order valence-electron chi connectivity index (χ2n) is 8.83. The average molecular weight is 434 g/mol. The van der Waals surface area contributed by atoms with Gasteiger partial charge in [0.25, 0.3) is 5.89 Å². The van der Waals surface area contributed by atoms with Gasteiger partial charge < -0.3 is 14.2 Å². The van der Waals surface area contributed by atoms with Crippen molar-refractivity contribution >= 4 is 6.09 Å². The Morgan fingerprint density at radius 2 is 1.72 bits per heavy atom. The zero-order valence-corrected chi connectivity index (χ0v) is 19.1. The lowest BCUT2D eigenvalue weighted by atomic mass is 9.91. The minimum Gasteiger partial charge on any atom is -0.450 e. The summed E-state index contributed by atoms with van der Waals surface area (Å²) < 4.78 is 10.8. The van der Waals surface area contributed by atoms with E-state index in [2.05, 4.69) is 36.1 Å². The van der Waals surface area contributed by atoms with Crippen molar-refractivity contribution in [1.29, 1.82) is 0 Å². The summed E-state index contributed by atoms with van der Waals surface area (Å²) in [6, 6.07) is 16.5. The normalized spacial score (nSPS) is 13.8. The Labute approximate surface area is 189 Å². The third-order valence-corrected chi connectivity index (χ3v) is 5.85. The number of rotatable bonds is 8. The molecule has 32 heavy (non-hydrogen) atoms. The number of carbonyl (C=O) groups excluding carboxylic acids is 1. The maximum Gasteiger partial charge on any atom is 0.410 e. The highest BCUT2D eigenvalue weighted by Crippen LogP contribution is 2.28. The molecule has 6 nitrogen and oxygen atoms in total. The first kappa shape index (κ1) is 22.1. The maximum absolute atomic E-state index is 12.4. The molecule has 4 rings (SSSR count). The van der Waals surface area contributed by atoms with Crippen molar-refractivity contribution in [2.75, 3.05) is 6.61 Å². The zero-order chi connectivity index (χ0) is 22.5. The van der Waals surface area contributed by atoms with Gasteiger partial charge in [0.2, 0.25) is 5.82 Å². The number of ether oxygens (including phenoxy) is 1. The van der Waals surface area contributed by atoms with Gasteiger partial charge in [-0.25, -0.2) is 4.79 Å². The lowest BCUT2D eigenvalue weighted by molar-refractivity contribution is 0.0663. The van der Waals surface area contributed by atoms with Gasteiger partial charge in [-0.15, -0.1) is 0 Å². The smallest absolute Gasteiger partial charge is 0.410 e. The molecule has 0 radical (unpaired) electrons. The second kappa shape index (κ2) is 9.98. The van der Waals surface area contributed by atoms with Crippen molar-refractivity contribution < 1.29 is 14.1 Å². The molecule has 2 aromatic carbocycles. The predicted molar refractivity (Wildman–Crippen MR) is 124 cm³/mol. The summed E-state index contributed by atoms with van der Waals surface area (Å²) in [6.07, 6.45) is 4.07. The summed E-state index contributed by atoms with van der Waals surface area (Å²) in [6.45, 7) is 7.20. The van der Waals surface area contributed by atoms with Gasteiger partial charge in [0, 0.05) is 23.7 Å². The maximum atomic E-state index is 12.4. The van der Waals surface area contributed by atoms with Crippen LogP contribution in [0.15, 0.2) is 53.1 Å². The Bertz CT molecular complexity index is 1020. The first-order valence-corrected chi connectivity index (χ1v) is 11.5. The number of carbonyl (C=O) groups is 1. The topological polar surface area (TPSA) is 68.5 Å². The Kier molecular flexibility index (Phi) is 6.88. The molecule has 1 aromatic heterocycles. The Hall–Kier alpha value is -3.15. The van der Waals surface area contributed by atoms with Crippen molar-refractivity contribution in [2.45, 2.75) is 59.0 Å². The molecule has 3 aromatic rings. The summed E-state index contributed by atoms with van der Waals surface area (Å²) in [5.41, 5.74) is 4.15. The fourth-order valence-corrected chi connectivity index (χ4v) is 3.92. The standard InChI is InChI=1S/C26H31N3O3/c1-4-31-26(30)29(23-6-5-7-23)17-20-10-12-21(13-11-20)24-27-25(32-28-24)22-14-8-19(9-15-22)16-18(2)3/h8-15,18,23H,4-7,16-17H2,1-3H3. The molecule has 1 heterocycles. The van der Waals surface area contributed by atoms with Gasteiger partial charge in [-0.1, -0.05) is 55.4 Å². The molecule has 1 amide bonds. The highest BCUT2D eigenvalue weighted by Gasteiger charge is 2.29. The highest BCUT2D eigenvalue weighted by molar-refractivity contribution is 5.68. The van der Waals surface area contributed by atoms with Gasteiger partial charge >= 0.3 is 6.09 Å². The molecule has 6 heteroatoms. The molecule has 0 aliphatic heterocycles. The van der Waals surface area contributed by atoms with E-state index in [9.17, 15) is 4.79 Å². The van der Waals surface area contributed by atoms with E-state index in [1.807, 2.05) is 48.2 Å². The first-order chi connectivity index (χ1) is 15.5. The minimum absolute atomic E-state index is 0.233. The van der Waals surface area contributed by atoms with Gasteiger partial charge in [0.15, 0.2) is 0 Å². The largest absolute Gasteiger partial charge is 0.450 e. The number of benzene rings is 2. The van der Waals surface area contributed by atoms with E-state index in [1.165, 1.54) is 12.0 Å². The van der Waals surface area contributed by atoms with Crippen LogP contribution >= 0.6 is 0 Å². The molecule has 0 saturated heterocycles. The molecule has 0 N–H and O–H groups in total. The summed E-state index contributed by atoms with van der Waals surface area (Å²) >= 11 is 0. The summed E-state index contributed by atoms with van der Waals surface area (Å²) in [4.78, 5) is 18.8. The molecule has 168 valence electrons. The third-order valence-electron chi connectivity index (χ3n) is 5.85. The lowest BCUT2D eigenvalue weighted by Gasteiger charge is -2.36. The molecular weight excluding hydrogens is 402 g/mol. The number of hydrogen-bond donors (Lipinski definition) is 0. The summed E-state index contributed by atoms with van der Waals surface area (Å²) in [5, 5.41) is 4.16. The summed E-state index contributed by atoms with van der Waals surface area (Å²) in [5.74, 6) is 1.69. The van der Waals surface area contributed by atoms with Crippen LogP contribution in [0.2, 0.25) is 0 Å². The van der Waals surface area contributed by atoms with Crippen molar-refractivity contribution in [3.63, 3.8) is 0 Å². The lowest BCUT2D eigenvalue weighted by Crippen LogP contribution is -2.43. The molecule has 0 atom stereocenters. The van der Waals surface area contributed by atoms with Crippen LogP contribution in [-0.4, -0.2) is 33.8 Å². The SMILES string of the molecule is CCOC(=O)N(Cc1ccc(-c2noc(-c3ccc(CC(C)C)cc3)n2)cc1)C1CCC1. The number of hydrogen-bond acceptors (Lipinski definition) is 5. The molecule has 0 spiro atoms. The quantitative estimate of drug-likeness (QED) is 0.428. The average Bonchev–Trinajstić information content (AvgIpc) is 3.23. The molecule has 1 fully saturated rings. The molecule has 0 bridgehead atoms. The van der Waals surface area contributed by atoms with Crippen LogP contribution in [-0.2, 0) is 17.7 Å². The Morgan fingerprint density at radius 3 is 2.31 bits per heavy atom. The van der Waals surface area contributed by atoms with Gasteiger partial charge in [-0.2, -0.15) is 4.98 Å². The summed E-state index contributed by atoms with van der Waals surface area (Å²) in [7, 11) is 0. The van der Waals surface area contributed by atoms with E-state index >= 15 is 0 Å². The second-order valence-corrected chi connectivity index (χ2v) is 8.83. The van der Waals surface area contributed by atoms with Gasteiger partial charge in [0.05, 0.1) is 6.61 Å². The monoisotopic (exact) mass is 433 g/mol. The van der Waals surface area contributed by atoms with Crippen LogP contribution in [0.5, 0.6) is 0 Å². The number of aromatic nitrogens is 2. The predicted octanol–water partition coefficient (Wildman–Crippen LogP) is 6.11. The van der Waals surface area contributed by atoms with Gasteiger partial charge in [-0.05, 0) is 61.8 Å². The van der Waals surface area contributed by atoms with Crippen LogP contribution in [0, 0.1) is 5.92 Å². The third kappa shape index (κ3) is 5.18. The Morgan fingerprint density at radius 1 is 1.06 bits per heavy atom. The van der Waals surface area contributed by atoms with Crippen LogP contribution in [0.4, 0.5) is 4.79 Å². The van der Waals surface area contributed by atoms with Crippen molar-refractivity contribution in [2.24, 2.45) is 5.92 Å². The van der Waals surface area contributed by atoms with Crippen molar-refractivity contribution in [1.82, 2.24) is 15.0 Å². The van der Waals surface area contributed by atoms with Crippen molar-refractivity contribution in [3.05, 3.63) is 59.7 Å². The van der Waals surface area contributed by atoms with Crippen LogP contribution < -0.4 is 0 Å².